The number of hydrogen-bond acceptors (Lipinski definition) is 3. The number of likely N-dealkylation sites (tertiary alicyclic amines) is 1. The predicted molar refractivity (Wildman–Crippen MR) is 44.9 cm³/mol. The summed E-state index contributed by atoms with van der Waals surface area (Å²) in [6, 6.07) is -0.584. The van der Waals surface area contributed by atoms with Gasteiger partial charge in [0.1, 0.15) is 6.04 Å². The highest BCUT2D eigenvalue weighted by Gasteiger charge is 2.33. The SMILES string of the molecule is CCOC(=O)N1CCCC1C([NH])=O. The second kappa shape index (κ2) is 4.11. The molecule has 5 nitrogen and oxygen atoms in total. The summed E-state index contributed by atoms with van der Waals surface area (Å²) in [5.41, 5.74) is 6.94. The van der Waals surface area contributed by atoms with Crippen LogP contribution in [0.2, 0.25) is 0 Å². The largest absolute Gasteiger partial charge is 0.450 e. The minimum absolute atomic E-state index is 0.300. The zero-order valence-electron chi connectivity index (χ0n) is 7.58. The fourth-order valence-corrected chi connectivity index (χ4v) is 1.46. The topological polar surface area (TPSA) is 70.4 Å². The summed E-state index contributed by atoms with van der Waals surface area (Å²) < 4.78 is 4.76. The first-order chi connectivity index (χ1) is 6.16. The van der Waals surface area contributed by atoms with Gasteiger partial charge in [0, 0.05) is 6.54 Å². The van der Waals surface area contributed by atoms with Gasteiger partial charge in [-0.3, -0.25) is 15.4 Å². The van der Waals surface area contributed by atoms with E-state index in [0.29, 0.717) is 19.6 Å². The van der Waals surface area contributed by atoms with Crippen LogP contribution >= 0.6 is 0 Å². The number of amides is 2. The Labute approximate surface area is 76.8 Å². The number of hydrogen-bond donors (Lipinski definition) is 0. The molecule has 0 spiro atoms. The molecule has 1 aliphatic heterocycles. The molecule has 0 aliphatic carbocycles. The molecule has 1 unspecified atom stereocenters. The zero-order chi connectivity index (χ0) is 9.84. The summed E-state index contributed by atoms with van der Waals surface area (Å²) in [6.45, 7) is 2.54. The Morgan fingerprint density at radius 1 is 1.62 bits per heavy atom. The van der Waals surface area contributed by atoms with Gasteiger partial charge in [0.2, 0.25) is 0 Å². The number of nitrogens with zero attached hydrogens (tertiary/aromatic N) is 1. The van der Waals surface area contributed by atoms with Crippen LogP contribution in [0.3, 0.4) is 0 Å². The molecule has 1 radical (unpaired) electrons. The first-order valence-corrected chi connectivity index (χ1v) is 4.35. The Balaban J connectivity index is 2.57. The van der Waals surface area contributed by atoms with Gasteiger partial charge in [0.15, 0.2) is 0 Å². The van der Waals surface area contributed by atoms with E-state index in [9.17, 15) is 9.59 Å². The van der Waals surface area contributed by atoms with Gasteiger partial charge in [0.25, 0.3) is 5.91 Å². The third-order valence-corrected chi connectivity index (χ3v) is 2.06. The lowest BCUT2D eigenvalue weighted by Crippen LogP contribution is -2.41. The molecule has 0 bridgehead atoms. The van der Waals surface area contributed by atoms with Crippen LogP contribution in [0.5, 0.6) is 0 Å². The van der Waals surface area contributed by atoms with Crippen LogP contribution in [0.1, 0.15) is 19.8 Å². The number of carbonyl (C=O) groups excluding carboxylic acids is 2. The molecule has 0 aromatic heterocycles. The second-order valence-corrected chi connectivity index (χ2v) is 2.91. The highest BCUT2D eigenvalue weighted by Crippen LogP contribution is 2.17. The molecule has 1 fully saturated rings. The van der Waals surface area contributed by atoms with Gasteiger partial charge in [-0.25, -0.2) is 4.79 Å². The van der Waals surface area contributed by atoms with E-state index in [4.69, 9.17) is 10.5 Å². The summed E-state index contributed by atoms with van der Waals surface area (Å²) in [5.74, 6) is -0.703. The van der Waals surface area contributed by atoms with Gasteiger partial charge in [-0.05, 0) is 19.8 Å². The van der Waals surface area contributed by atoms with E-state index in [-0.39, 0.29) is 0 Å². The van der Waals surface area contributed by atoms with Crippen molar-refractivity contribution in [2.75, 3.05) is 13.2 Å². The normalized spacial score (nSPS) is 21.6. The van der Waals surface area contributed by atoms with E-state index < -0.39 is 18.0 Å². The van der Waals surface area contributed by atoms with Crippen molar-refractivity contribution in [3.05, 3.63) is 0 Å². The summed E-state index contributed by atoms with van der Waals surface area (Å²) >= 11 is 0. The van der Waals surface area contributed by atoms with Crippen molar-refractivity contribution < 1.29 is 14.3 Å². The second-order valence-electron chi connectivity index (χ2n) is 2.91. The van der Waals surface area contributed by atoms with E-state index in [1.54, 1.807) is 6.92 Å². The Kier molecular flexibility index (Phi) is 3.11. The lowest BCUT2D eigenvalue weighted by atomic mass is 10.2. The molecule has 0 saturated carbocycles. The highest BCUT2D eigenvalue weighted by molar-refractivity contribution is 5.84. The van der Waals surface area contributed by atoms with Crippen LogP contribution in [0.15, 0.2) is 0 Å². The molecular formula is C8H13N2O3. The minimum Gasteiger partial charge on any atom is -0.450 e. The van der Waals surface area contributed by atoms with Crippen LogP contribution < -0.4 is 5.73 Å². The molecule has 73 valence electrons. The Hall–Kier alpha value is -1.26. The Bertz CT molecular complexity index is 217. The third kappa shape index (κ3) is 2.11. The van der Waals surface area contributed by atoms with Crippen molar-refractivity contribution in [1.29, 1.82) is 0 Å². The fourth-order valence-electron chi connectivity index (χ4n) is 1.46. The summed E-state index contributed by atoms with van der Waals surface area (Å²) in [6.07, 6.45) is 0.875. The van der Waals surface area contributed by atoms with Crippen LogP contribution in [0.4, 0.5) is 4.79 Å². The molecule has 1 heterocycles. The zero-order valence-corrected chi connectivity index (χ0v) is 7.58. The van der Waals surface area contributed by atoms with Crippen LogP contribution in [0.25, 0.3) is 0 Å². The number of rotatable bonds is 2. The van der Waals surface area contributed by atoms with Crippen LogP contribution in [-0.2, 0) is 9.53 Å². The maximum absolute atomic E-state index is 11.2. The van der Waals surface area contributed by atoms with E-state index in [2.05, 4.69) is 0 Å². The van der Waals surface area contributed by atoms with Gasteiger partial charge in [-0.15, -0.1) is 0 Å². The van der Waals surface area contributed by atoms with Gasteiger partial charge in [-0.1, -0.05) is 0 Å². The average Bonchev–Trinajstić information content (AvgIpc) is 2.52. The molecular weight excluding hydrogens is 172 g/mol. The Morgan fingerprint density at radius 3 is 2.85 bits per heavy atom. The number of carbonyl (C=O) groups is 2. The number of ether oxygens (including phenoxy) is 1. The molecule has 5 heteroatoms. The molecule has 13 heavy (non-hydrogen) atoms. The third-order valence-electron chi connectivity index (χ3n) is 2.06. The van der Waals surface area contributed by atoms with Crippen molar-refractivity contribution >= 4 is 12.0 Å². The lowest BCUT2D eigenvalue weighted by Gasteiger charge is -2.20. The van der Waals surface area contributed by atoms with Crippen molar-refractivity contribution in [2.24, 2.45) is 0 Å². The summed E-state index contributed by atoms with van der Waals surface area (Å²) in [4.78, 5) is 23.3. The fraction of sp³-hybridized carbons (Fsp3) is 0.750. The van der Waals surface area contributed by atoms with Crippen LogP contribution in [0, 0.1) is 0 Å². The van der Waals surface area contributed by atoms with Gasteiger partial charge in [-0.2, -0.15) is 0 Å². The molecule has 1 aliphatic rings. The first kappa shape index (κ1) is 9.83. The Morgan fingerprint density at radius 2 is 2.31 bits per heavy atom. The van der Waals surface area contributed by atoms with E-state index >= 15 is 0 Å². The van der Waals surface area contributed by atoms with E-state index in [1.807, 2.05) is 0 Å². The molecule has 1 N–H and O–H groups in total. The molecule has 0 aromatic rings. The minimum atomic E-state index is -0.703. The molecule has 1 atom stereocenters. The van der Waals surface area contributed by atoms with Crippen molar-refractivity contribution in [3.63, 3.8) is 0 Å². The maximum Gasteiger partial charge on any atom is 0.410 e. The summed E-state index contributed by atoms with van der Waals surface area (Å²) in [5, 5.41) is 0. The van der Waals surface area contributed by atoms with Crippen molar-refractivity contribution in [1.82, 2.24) is 10.6 Å². The average molecular weight is 185 g/mol. The first-order valence-electron chi connectivity index (χ1n) is 4.35. The lowest BCUT2D eigenvalue weighted by molar-refractivity contribution is -0.122. The quantitative estimate of drug-likeness (QED) is 0.625. The van der Waals surface area contributed by atoms with Gasteiger partial charge < -0.3 is 4.74 Å². The van der Waals surface area contributed by atoms with Gasteiger partial charge in [0.05, 0.1) is 6.61 Å². The number of nitrogens with one attached hydrogen (secondary N) is 1. The predicted octanol–water partition coefficient (Wildman–Crippen LogP) is 0.417. The molecule has 1 saturated heterocycles. The summed E-state index contributed by atoms with van der Waals surface area (Å²) in [7, 11) is 0. The van der Waals surface area contributed by atoms with E-state index in [1.165, 1.54) is 4.90 Å². The smallest absolute Gasteiger partial charge is 0.410 e. The van der Waals surface area contributed by atoms with Gasteiger partial charge >= 0.3 is 6.09 Å². The van der Waals surface area contributed by atoms with Crippen molar-refractivity contribution in [2.45, 2.75) is 25.8 Å². The monoisotopic (exact) mass is 185 g/mol. The standard InChI is InChI=1S/C8H13N2O3/c1-2-13-8(12)10-5-3-4-6(10)7(9)11/h6,9H,2-5H2,1H3. The van der Waals surface area contributed by atoms with Crippen LogP contribution in [-0.4, -0.2) is 36.1 Å². The maximum atomic E-state index is 11.2. The molecule has 2 amide bonds. The molecule has 0 aromatic carbocycles. The highest BCUT2D eigenvalue weighted by atomic mass is 16.6. The molecule has 1 rings (SSSR count). The van der Waals surface area contributed by atoms with E-state index in [0.717, 1.165) is 6.42 Å². The van der Waals surface area contributed by atoms with Crippen molar-refractivity contribution in [3.8, 4) is 0 Å².